The first-order chi connectivity index (χ1) is 12.9. The predicted octanol–water partition coefficient (Wildman–Crippen LogP) is 3.16. The number of hydrogen-bond acceptors (Lipinski definition) is 6. The predicted molar refractivity (Wildman–Crippen MR) is 100 cm³/mol. The van der Waals surface area contributed by atoms with E-state index in [1.807, 2.05) is 0 Å². The lowest BCUT2D eigenvalue weighted by atomic mass is 10.0. The highest BCUT2D eigenvalue weighted by Crippen LogP contribution is 2.21. The minimum absolute atomic E-state index is 0.0410. The number of halogens is 1. The molecule has 0 aromatic heterocycles. The minimum atomic E-state index is -0.591. The van der Waals surface area contributed by atoms with Crippen molar-refractivity contribution in [2.24, 2.45) is 0 Å². The zero-order valence-corrected chi connectivity index (χ0v) is 16.0. The molecule has 1 amide bonds. The molecule has 2 aromatic rings. The molecule has 0 radical (unpaired) electrons. The van der Waals surface area contributed by atoms with Crippen molar-refractivity contribution in [2.75, 3.05) is 13.7 Å². The van der Waals surface area contributed by atoms with Crippen LogP contribution in [0.25, 0.3) is 0 Å². The van der Waals surface area contributed by atoms with Gasteiger partial charge in [0.05, 0.1) is 30.6 Å². The molecule has 1 atom stereocenters. The summed E-state index contributed by atoms with van der Waals surface area (Å²) in [5, 5.41) is 13.5. The maximum Gasteiger partial charge on any atom is 0.307 e. The number of ether oxygens (including phenoxy) is 2. The van der Waals surface area contributed by atoms with Gasteiger partial charge < -0.3 is 14.8 Å². The van der Waals surface area contributed by atoms with Crippen LogP contribution in [-0.2, 0) is 14.3 Å². The van der Waals surface area contributed by atoms with Gasteiger partial charge in [0, 0.05) is 10.5 Å². The Balaban J connectivity index is 2.02. The smallest absolute Gasteiger partial charge is 0.307 e. The normalized spacial score (nSPS) is 11.3. The molecule has 0 saturated heterocycles. The molecule has 9 heteroatoms. The topological polar surface area (TPSA) is 108 Å². The molecule has 8 nitrogen and oxygen atoms in total. The highest BCUT2D eigenvalue weighted by molar-refractivity contribution is 9.10. The summed E-state index contributed by atoms with van der Waals surface area (Å²) in [6.45, 7) is -0.352. The summed E-state index contributed by atoms with van der Waals surface area (Å²) in [5.74, 6) is -0.742. The second kappa shape index (κ2) is 9.67. The van der Waals surface area contributed by atoms with Gasteiger partial charge in [-0.3, -0.25) is 19.7 Å². The van der Waals surface area contributed by atoms with E-state index in [2.05, 4.69) is 26.0 Å². The Morgan fingerprint density at radius 2 is 1.93 bits per heavy atom. The Morgan fingerprint density at radius 3 is 2.56 bits per heavy atom. The van der Waals surface area contributed by atoms with Gasteiger partial charge in [-0.1, -0.05) is 34.1 Å². The summed E-state index contributed by atoms with van der Waals surface area (Å²) in [4.78, 5) is 34.1. The van der Waals surface area contributed by atoms with E-state index in [-0.39, 0.29) is 24.5 Å². The Morgan fingerprint density at radius 1 is 1.22 bits per heavy atom. The van der Waals surface area contributed by atoms with E-state index in [9.17, 15) is 19.7 Å². The van der Waals surface area contributed by atoms with Crippen LogP contribution >= 0.6 is 15.9 Å². The van der Waals surface area contributed by atoms with E-state index in [0.29, 0.717) is 0 Å². The summed E-state index contributed by atoms with van der Waals surface area (Å²) in [6, 6.07) is 12.1. The maximum atomic E-state index is 12.2. The lowest BCUT2D eigenvalue weighted by Gasteiger charge is -2.18. The fourth-order valence-electron chi connectivity index (χ4n) is 2.27. The lowest BCUT2D eigenvalue weighted by molar-refractivity contribution is -0.384. The molecule has 0 aliphatic heterocycles. The second-order valence-corrected chi connectivity index (χ2v) is 6.41. The molecule has 0 aliphatic carbocycles. The number of rotatable bonds is 8. The Hall–Kier alpha value is -2.94. The van der Waals surface area contributed by atoms with Crippen molar-refractivity contribution in [1.82, 2.24) is 5.32 Å². The van der Waals surface area contributed by atoms with Crippen molar-refractivity contribution < 1.29 is 24.0 Å². The Kier molecular flexibility index (Phi) is 7.30. The molecule has 0 saturated carbocycles. The highest BCUT2D eigenvalue weighted by atomic mass is 79.9. The number of nitrogens with one attached hydrogen (secondary N) is 1. The van der Waals surface area contributed by atoms with Crippen molar-refractivity contribution in [3.05, 3.63) is 68.7 Å². The molecule has 1 N–H and O–H groups in total. The number of hydrogen-bond donors (Lipinski definition) is 1. The zero-order chi connectivity index (χ0) is 19.8. The molecule has 1 unspecified atom stereocenters. The highest BCUT2D eigenvalue weighted by Gasteiger charge is 2.19. The van der Waals surface area contributed by atoms with Crippen LogP contribution in [0.15, 0.2) is 53.0 Å². The Labute approximate surface area is 163 Å². The largest absolute Gasteiger partial charge is 0.484 e. The van der Waals surface area contributed by atoms with Gasteiger partial charge in [0.2, 0.25) is 0 Å². The number of carbonyl (C=O) groups is 2. The average Bonchev–Trinajstić information content (AvgIpc) is 2.66. The number of nitro groups is 1. The minimum Gasteiger partial charge on any atom is -0.484 e. The summed E-state index contributed by atoms with van der Waals surface area (Å²) in [7, 11) is 1.27. The third kappa shape index (κ3) is 6.37. The second-order valence-electron chi connectivity index (χ2n) is 5.50. The van der Waals surface area contributed by atoms with Gasteiger partial charge in [0.1, 0.15) is 5.75 Å². The molecule has 2 rings (SSSR count). The SMILES string of the molecule is COC(=O)CC(NC(=O)COc1cccc([N+](=O)[O-])c1)c1ccc(Br)cc1. The molecule has 0 fully saturated rings. The molecule has 2 aromatic carbocycles. The molecule has 0 bridgehead atoms. The molecule has 0 heterocycles. The number of non-ortho nitro benzene ring substituents is 1. The van der Waals surface area contributed by atoms with E-state index in [0.717, 1.165) is 10.0 Å². The quantitative estimate of drug-likeness (QED) is 0.386. The molecular formula is C18H17BrN2O6. The van der Waals surface area contributed by atoms with E-state index < -0.39 is 22.8 Å². The maximum absolute atomic E-state index is 12.2. The first-order valence-electron chi connectivity index (χ1n) is 7.88. The number of esters is 1. The van der Waals surface area contributed by atoms with Gasteiger partial charge in [-0.15, -0.1) is 0 Å². The lowest BCUT2D eigenvalue weighted by Crippen LogP contribution is -2.34. The molecular weight excluding hydrogens is 420 g/mol. The third-order valence-electron chi connectivity index (χ3n) is 3.60. The first-order valence-corrected chi connectivity index (χ1v) is 8.67. The van der Waals surface area contributed by atoms with Gasteiger partial charge in [-0.05, 0) is 23.8 Å². The van der Waals surface area contributed by atoms with E-state index >= 15 is 0 Å². The van der Waals surface area contributed by atoms with Crippen LogP contribution in [0.5, 0.6) is 5.75 Å². The Bertz CT molecular complexity index is 825. The standard InChI is InChI=1S/C18H17BrN2O6/c1-26-18(23)10-16(12-5-7-13(19)8-6-12)20-17(22)11-27-15-4-2-3-14(9-15)21(24)25/h2-9,16H,10-11H2,1H3,(H,20,22). The average molecular weight is 437 g/mol. The van der Waals surface area contributed by atoms with Crippen LogP contribution in [0.3, 0.4) is 0 Å². The van der Waals surface area contributed by atoms with Crippen molar-refractivity contribution >= 4 is 33.5 Å². The van der Waals surface area contributed by atoms with Gasteiger partial charge >= 0.3 is 5.97 Å². The van der Waals surface area contributed by atoms with Gasteiger partial charge in [-0.25, -0.2) is 0 Å². The number of methoxy groups -OCH3 is 1. The van der Waals surface area contributed by atoms with E-state index in [4.69, 9.17) is 4.74 Å². The molecule has 0 spiro atoms. The third-order valence-corrected chi connectivity index (χ3v) is 4.13. The van der Waals surface area contributed by atoms with Crippen molar-refractivity contribution in [1.29, 1.82) is 0 Å². The van der Waals surface area contributed by atoms with Crippen molar-refractivity contribution in [3.8, 4) is 5.75 Å². The van der Waals surface area contributed by atoms with Crippen LogP contribution in [0, 0.1) is 10.1 Å². The molecule has 27 heavy (non-hydrogen) atoms. The fourth-order valence-corrected chi connectivity index (χ4v) is 2.53. The number of nitrogens with zero attached hydrogens (tertiary/aromatic N) is 1. The van der Waals surface area contributed by atoms with Crippen molar-refractivity contribution in [2.45, 2.75) is 12.5 Å². The van der Waals surface area contributed by atoms with Gasteiger partial charge in [0.15, 0.2) is 6.61 Å². The van der Waals surface area contributed by atoms with Crippen LogP contribution in [-0.4, -0.2) is 30.5 Å². The number of benzene rings is 2. The summed E-state index contributed by atoms with van der Waals surface area (Å²) in [5.41, 5.74) is 0.596. The van der Waals surface area contributed by atoms with E-state index in [1.54, 1.807) is 24.3 Å². The molecule has 0 aliphatic rings. The monoisotopic (exact) mass is 436 g/mol. The van der Waals surface area contributed by atoms with Crippen LogP contribution < -0.4 is 10.1 Å². The van der Waals surface area contributed by atoms with E-state index in [1.165, 1.54) is 31.4 Å². The number of amides is 1. The molecule has 142 valence electrons. The summed E-state index contributed by atoms with van der Waals surface area (Å²) in [6.07, 6.45) is -0.0410. The first kappa shape index (κ1) is 20.4. The summed E-state index contributed by atoms with van der Waals surface area (Å²) < 4.78 is 10.8. The zero-order valence-electron chi connectivity index (χ0n) is 14.4. The fraction of sp³-hybridized carbons (Fsp3) is 0.222. The van der Waals surface area contributed by atoms with Crippen LogP contribution in [0.1, 0.15) is 18.0 Å². The van der Waals surface area contributed by atoms with Crippen LogP contribution in [0.2, 0.25) is 0 Å². The summed E-state index contributed by atoms with van der Waals surface area (Å²) >= 11 is 3.33. The van der Waals surface area contributed by atoms with Gasteiger partial charge in [-0.2, -0.15) is 0 Å². The van der Waals surface area contributed by atoms with Crippen LogP contribution in [0.4, 0.5) is 5.69 Å². The number of carbonyl (C=O) groups excluding carboxylic acids is 2. The van der Waals surface area contributed by atoms with Crippen molar-refractivity contribution in [3.63, 3.8) is 0 Å². The van der Waals surface area contributed by atoms with Gasteiger partial charge in [0.25, 0.3) is 11.6 Å². The number of nitro benzene ring substituents is 1.